The third-order valence-corrected chi connectivity index (χ3v) is 7.89. The first kappa shape index (κ1) is 32.8. The Kier molecular flexibility index (Phi) is 11.3. The standard InChI is InChI=1S/C31H27Cl2FN2O7S/c1-3-4-12-42-30(39)20-15-19(9-10-23(20)33)35-28(37)16-36-29(38)27(44-31(36)40)14-18-8-11-25(41-2)26(13-18)43-17-21-22(32)6-5-7-24(21)34/h5-11,13-15H,3-4,12,16-17H2,1-2H3,(H,35,37)/b27-14+. The summed E-state index contributed by atoms with van der Waals surface area (Å²) in [6, 6.07) is 13.4. The van der Waals surface area contributed by atoms with E-state index in [9.17, 15) is 23.6 Å². The third kappa shape index (κ3) is 8.10. The van der Waals surface area contributed by atoms with Gasteiger partial charge in [-0.3, -0.25) is 19.3 Å². The van der Waals surface area contributed by atoms with Crippen LogP contribution in [-0.4, -0.2) is 48.2 Å². The molecule has 1 fully saturated rings. The van der Waals surface area contributed by atoms with Crippen LogP contribution in [0.15, 0.2) is 59.5 Å². The number of rotatable bonds is 12. The quantitative estimate of drug-likeness (QED) is 0.122. The van der Waals surface area contributed by atoms with E-state index in [1.165, 1.54) is 43.5 Å². The normalized spacial score (nSPS) is 13.8. The van der Waals surface area contributed by atoms with Crippen molar-refractivity contribution in [3.8, 4) is 11.5 Å². The fourth-order valence-electron chi connectivity index (χ4n) is 3.99. The molecule has 0 aromatic heterocycles. The summed E-state index contributed by atoms with van der Waals surface area (Å²) in [4.78, 5) is 51.7. The van der Waals surface area contributed by atoms with Gasteiger partial charge in [0.25, 0.3) is 11.1 Å². The number of thioether (sulfide) groups is 1. The molecule has 3 amide bonds. The van der Waals surface area contributed by atoms with Gasteiger partial charge in [0.1, 0.15) is 19.0 Å². The van der Waals surface area contributed by atoms with E-state index in [-0.39, 0.29) is 50.7 Å². The van der Waals surface area contributed by atoms with Gasteiger partial charge in [-0.25, -0.2) is 9.18 Å². The van der Waals surface area contributed by atoms with Crippen molar-refractivity contribution in [1.29, 1.82) is 0 Å². The van der Waals surface area contributed by atoms with E-state index in [1.54, 1.807) is 24.3 Å². The van der Waals surface area contributed by atoms with Gasteiger partial charge in [-0.15, -0.1) is 0 Å². The number of ether oxygens (including phenoxy) is 3. The van der Waals surface area contributed by atoms with Gasteiger partial charge in [-0.2, -0.15) is 0 Å². The van der Waals surface area contributed by atoms with Crippen molar-refractivity contribution >= 4 is 69.8 Å². The molecule has 9 nitrogen and oxygen atoms in total. The zero-order valence-electron chi connectivity index (χ0n) is 23.7. The van der Waals surface area contributed by atoms with Crippen LogP contribution in [0.1, 0.15) is 41.3 Å². The fraction of sp³-hybridized carbons (Fsp3) is 0.226. The first-order chi connectivity index (χ1) is 21.1. The molecule has 0 radical (unpaired) electrons. The zero-order valence-corrected chi connectivity index (χ0v) is 26.0. The van der Waals surface area contributed by atoms with E-state index in [0.29, 0.717) is 29.5 Å². The van der Waals surface area contributed by atoms with Gasteiger partial charge >= 0.3 is 5.97 Å². The van der Waals surface area contributed by atoms with Crippen molar-refractivity contribution < 1.29 is 37.8 Å². The van der Waals surface area contributed by atoms with Gasteiger partial charge < -0.3 is 19.5 Å². The molecule has 3 aromatic carbocycles. The second kappa shape index (κ2) is 15.1. The van der Waals surface area contributed by atoms with E-state index in [4.69, 9.17) is 37.4 Å². The van der Waals surface area contributed by atoms with E-state index < -0.39 is 35.4 Å². The molecule has 1 saturated heterocycles. The number of methoxy groups -OCH3 is 1. The van der Waals surface area contributed by atoms with Gasteiger partial charge in [0, 0.05) is 11.3 Å². The Labute approximate surface area is 267 Å². The zero-order chi connectivity index (χ0) is 31.8. The summed E-state index contributed by atoms with van der Waals surface area (Å²) in [6.07, 6.45) is 3.02. The molecule has 3 aromatic rings. The van der Waals surface area contributed by atoms with Crippen LogP contribution in [0.4, 0.5) is 14.9 Å². The van der Waals surface area contributed by atoms with Crippen LogP contribution < -0.4 is 14.8 Å². The van der Waals surface area contributed by atoms with E-state index >= 15 is 0 Å². The summed E-state index contributed by atoms with van der Waals surface area (Å²) in [6.45, 7) is 1.47. The van der Waals surface area contributed by atoms with Crippen molar-refractivity contribution in [1.82, 2.24) is 4.90 Å². The summed E-state index contributed by atoms with van der Waals surface area (Å²) >= 11 is 12.9. The Hall–Kier alpha value is -4.06. The molecule has 1 N–H and O–H groups in total. The number of anilines is 1. The summed E-state index contributed by atoms with van der Waals surface area (Å²) in [5.41, 5.74) is 0.985. The Balaban J connectivity index is 1.43. The second-order valence-electron chi connectivity index (χ2n) is 9.40. The van der Waals surface area contributed by atoms with Crippen LogP contribution in [-0.2, 0) is 20.9 Å². The van der Waals surface area contributed by atoms with Crippen molar-refractivity contribution in [3.05, 3.63) is 92.1 Å². The summed E-state index contributed by atoms with van der Waals surface area (Å²) < 4.78 is 30.5. The maximum Gasteiger partial charge on any atom is 0.339 e. The van der Waals surface area contributed by atoms with Crippen LogP contribution in [0.2, 0.25) is 10.0 Å². The lowest BCUT2D eigenvalue weighted by Crippen LogP contribution is -2.36. The molecule has 0 bridgehead atoms. The molecule has 0 saturated carbocycles. The van der Waals surface area contributed by atoms with Gasteiger partial charge in [0.15, 0.2) is 11.5 Å². The molecule has 230 valence electrons. The highest BCUT2D eigenvalue weighted by Gasteiger charge is 2.36. The smallest absolute Gasteiger partial charge is 0.339 e. The number of carbonyl (C=O) groups excluding carboxylic acids is 4. The monoisotopic (exact) mass is 660 g/mol. The summed E-state index contributed by atoms with van der Waals surface area (Å²) in [5, 5.41) is 2.30. The lowest BCUT2D eigenvalue weighted by Gasteiger charge is -2.14. The van der Waals surface area contributed by atoms with E-state index in [0.717, 1.165) is 11.3 Å². The molecule has 13 heteroatoms. The van der Waals surface area contributed by atoms with Crippen molar-refractivity contribution in [3.63, 3.8) is 0 Å². The first-order valence-electron chi connectivity index (χ1n) is 13.4. The number of benzene rings is 3. The number of hydrogen-bond acceptors (Lipinski definition) is 8. The highest BCUT2D eigenvalue weighted by Crippen LogP contribution is 2.35. The van der Waals surface area contributed by atoms with Crippen LogP contribution in [0, 0.1) is 5.82 Å². The molecular formula is C31H27Cl2FN2O7S. The average Bonchev–Trinajstić information content (AvgIpc) is 3.25. The predicted octanol–water partition coefficient (Wildman–Crippen LogP) is 7.35. The fourth-order valence-corrected chi connectivity index (χ4v) is 5.24. The molecule has 1 aliphatic rings. The minimum Gasteiger partial charge on any atom is -0.493 e. The lowest BCUT2D eigenvalue weighted by atomic mass is 10.1. The number of nitrogens with one attached hydrogen (secondary N) is 1. The molecule has 4 rings (SSSR count). The number of halogens is 3. The molecule has 0 aliphatic carbocycles. The average molecular weight is 662 g/mol. The molecular weight excluding hydrogens is 634 g/mol. The van der Waals surface area contributed by atoms with Gasteiger partial charge in [0.2, 0.25) is 5.91 Å². The Morgan fingerprint density at radius 1 is 1.05 bits per heavy atom. The molecule has 0 atom stereocenters. The van der Waals surface area contributed by atoms with Crippen LogP contribution >= 0.6 is 35.0 Å². The van der Waals surface area contributed by atoms with E-state index in [2.05, 4.69) is 5.32 Å². The minimum atomic E-state index is -0.664. The van der Waals surface area contributed by atoms with Crippen molar-refractivity contribution in [2.45, 2.75) is 26.4 Å². The van der Waals surface area contributed by atoms with Gasteiger partial charge in [-0.05, 0) is 72.3 Å². The minimum absolute atomic E-state index is 0.0783. The molecule has 0 unspecified atom stereocenters. The SMILES string of the molecule is CCCCOC(=O)c1cc(NC(=O)CN2C(=O)S/C(=C/c3ccc(OC)c(OCc4c(F)cccc4Cl)c3)C2=O)ccc1Cl. The van der Waals surface area contributed by atoms with Crippen LogP contribution in [0.5, 0.6) is 11.5 Å². The number of amides is 3. The predicted molar refractivity (Wildman–Crippen MR) is 167 cm³/mol. The second-order valence-corrected chi connectivity index (χ2v) is 11.2. The number of carbonyl (C=O) groups is 4. The third-order valence-electron chi connectivity index (χ3n) is 6.30. The number of imide groups is 1. The van der Waals surface area contributed by atoms with Crippen LogP contribution in [0.25, 0.3) is 6.08 Å². The van der Waals surface area contributed by atoms with Gasteiger partial charge in [0.05, 0.1) is 34.2 Å². The first-order valence-corrected chi connectivity index (χ1v) is 14.9. The Bertz CT molecular complexity index is 1610. The molecule has 1 heterocycles. The topological polar surface area (TPSA) is 111 Å². The maximum atomic E-state index is 14.2. The van der Waals surface area contributed by atoms with E-state index in [1.807, 2.05) is 6.92 Å². The summed E-state index contributed by atoms with van der Waals surface area (Å²) in [7, 11) is 1.44. The van der Waals surface area contributed by atoms with Crippen LogP contribution in [0.3, 0.4) is 0 Å². The lowest BCUT2D eigenvalue weighted by molar-refractivity contribution is -0.127. The molecule has 0 spiro atoms. The number of esters is 1. The molecule has 44 heavy (non-hydrogen) atoms. The van der Waals surface area contributed by atoms with Crippen molar-refractivity contribution in [2.75, 3.05) is 25.6 Å². The van der Waals surface area contributed by atoms with Gasteiger partial charge in [-0.1, -0.05) is 48.7 Å². The Morgan fingerprint density at radius 2 is 1.84 bits per heavy atom. The highest BCUT2D eigenvalue weighted by molar-refractivity contribution is 8.18. The number of hydrogen-bond donors (Lipinski definition) is 1. The maximum absolute atomic E-state index is 14.2. The summed E-state index contributed by atoms with van der Waals surface area (Å²) in [5.74, 6) is -1.85. The largest absolute Gasteiger partial charge is 0.493 e. The highest BCUT2D eigenvalue weighted by atomic mass is 35.5. The Morgan fingerprint density at radius 3 is 2.57 bits per heavy atom. The number of unbranched alkanes of at least 4 members (excludes halogenated alkanes) is 1. The molecule has 1 aliphatic heterocycles. The number of nitrogens with zero attached hydrogens (tertiary/aromatic N) is 1. The van der Waals surface area contributed by atoms with Crippen molar-refractivity contribution in [2.24, 2.45) is 0 Å².